The molecule has 0 heterocycles. The van der Waals surface area contributed by atoms with Crippen LogP contribution in [0.4, 0.5) is 10.5 Å². The zero-order valence-corrected chi connectivity index (χ0v) is 14.6. The number of amides is 2. The average molecular weight is 379 g/mol. The van der Waals surface area contributed by atoms with Crippen molar-refractivity contribution in [1.29, 1.82) is 0 Å². The fourth-order valence-corrected chi connectivity index (χ4v) is 2.31. The van der Waals surface area contributed by atoms with Gasteiger partial charge in [-0.05, 0) is 17.7 Å². The van der Waals surface area contributed by atoms with Crippen molar-refractivity contribution in [2.24, 2.45) is 0 Å². The zero-order chi connectivity index (χ0) is 16.7. The Kier molecular flexibility index (Phi) is 6.43. The van der Waals surface area contributed by atoms with Gasteiger partial charge in [0.1, 0.15) is 12.4 Å². The second kappa shape index (κ2) is 8.55. The van der Waals surface area contributed by atoms with Crippen LogP contribution in [-0.4, -0.2) is 31.9 Å². The lowest BCUT2D eigenvalue weighted by molar-refractivity contribution is -0.0598. The Balaban J connectivity index is 1.93. The van der Waals surface area contributed by atoms with E-state index in [0.717, 1.165) is 10.6 Å². The molecule has 0 aliphatic heterocycles. The number of hydrogen-bond donors (Lipinski definition) is 1. The van der Waals surface area contributed by atoms with Crippen LogP contribution in [0.25, 0.3) is 0 Å². The number of nitrogens with one attached hydrogen (secondary N) is 1. The Morgan fingerprint density at radius 3 is 2.65 bits per heavy atom. The van der Waals surface area contributed by atoms with E-state index in [1.165, 1.54) is 14.2 Å². The van der Waals surface area contributed by atoms with Gasteiger partial charge in [0.2, 0.25) is 0 Å². The summed E-state index contributed by atoms with van der Waals surface area (Å²) in [5.41, 5.74) is 1.79. The molecule has 0 aliphatic carbocycles. The number of nitrogens with zero attached hydrogens (tertiary/aromatic N) is 1. The van der Waals surface area contributed by atoms with Crippen LogP contribution in [0.1, 0.15) is 10.4 Å². The molecule has 2 aromatic rings. The molecule has 1 atom stereocenters. The summed E-state index contributed by atoms with van der Waals surface area (Å²) < 4.78 is 5.79. The number of benzene rings is 2. The normalized spacial score (nSPS) is 11.6. The molecule has 0 aromatic heterocycles. The summed E-state index contributed by atoms with van der Waals surface area (Å²) in [5, 5.41) is 3.83. The minimum absolute atomic E-state index is 0.0987. The molecule has 0 spiro atoms. The molecule has 0 saturated carbocycles. The molecule has 5 nitrogen and oxygen atoms in total. The Hall–Kier alpha value is -2.05. The van der Waals surface area contributed by atoms with Gasteiger partial charge in [-0.1, -0.05) is 52.3 Å². The molecule has 0 aliphatic rings. The molecule has 2 aromatic carbocycles. The van der Waals surface area contributed by atoms with E-state index >= 15 is 0 Å². The predicted octanol–water partition coefficient (Wildman–Crippen LogP) is 4.23. The minimum Gasteiger partial charge on any atom is -0.492 e. The van der Waals surface area contributed by atoms with E-state index in [1.54, 1.807) is 12.1 Å². The first-order valence-corrected chi connectivity index (χ1v) is 8.02. The molecule has 0 bridgehead atoms. The maximum atomic E-state index is 11.7. The molecule has 6 heteroatoms. The molecule has 0 fully saturated rings. The van der Waals surface area contributed by atoms with Crippen LogP contribution in [0.5, 0.6) is 5.75 Å². The highest BCUT2D eigenvalue weighted by molar-refractivity contribution is 9.09. The van der Waals surface area contributed by atoms with Crippen molar-refractivity contribution in [2.45, 2.75) is 4.83 Å². The molecule has 23 heavy (non-hydrogen) atoms. The minimum atomic E-state index is -0.354. The first kappa shape index (κ1) is 17.3. The van der Waals surface area contributed by atoms with Crippen molar-refractivity contribution in [3.05, 3.63) is 60.2 Å². The largest absolute Gasteiger partial charge is 0.492 e. The number of alkyl halides is 1. The number of hydrogen-bond acceptors (Lipinski definition) is 3. The summed E-state index contributed by atoms with van der Waals surface area (Å²) in [6.07, 6.45) is 0. The highest BCUT2D eigenvalue weighted by atomic mass is 79.9. The molecule has 2 amide bonds. The Morgan fingerprint density at radius 2 is 1.96 bits per heavy atom. The number of halogens is 1. The number of hydroxylamine groups is 2. The Bertz CT molecular complexity index is 637. The van der Waals surface area contributed by atoms with Gasteiger partial charge >= 0.3 is 6.03 Å². The molecule has 1 unspecified atom stereocenters. The Morgan fingerprint density at radius 1 is 1.22 bits per heavy atom. The van der Waals surface area contributed by atoms with Gasteiger partial charge in [0.05, 0.1) is 11.9 Å². The van der Waals surface area contributed by atoms with Crippen LogP contribution < -0.4 is 10.1 Å². The average Bonchev–Trinajstić information content (AvgIpc) is 2.60. The van der Waals surface area contributed by atoms with E-state index < -0.39 is 0 Å². The van der Waals surface area contributed by atoms with Crippen LogP contribution in [-0.2, 0) is 4.84 Å². The summed E-state index contributed by atoms with van der Waals surface area (Å²) >= 11 is 3.61. The first-order chi connectivity index (χ1) is 11.1. The van der Waals surface area contributed by atoms with Gasteiger partial charge in [0, 0.05) is 18.8 Å². The molecule has 122 valence electrons. The SMILES string of the molecule is CON(C)C(=O)Nc1cccc(OCC(Br)c2ccccc2)c1. The number of carbonyl (C=O) groups is 1. The maximum absolute atomic E-state index is 11.7. The topological polar surface area (TPSA) is 50.8 Å². The third kappa shape index (κ3) is 5.26. The lowest BCUT2D eigenvalue weighted by atomic mass is 10.2. The van der Waals surface area contributed by atoms with Crippen molar-refractivity contribution < 1.29 is 14.4 Å². The van der Waals surface area contributed by atoms with E-state index in [1.807, 2.05) is 42.5 Å². The summed E-state index contributed by atoms with van der Waals surface area (Å²) in [5.74, 6) is 0.684. The Labute approximate surface area is 144 Å². The van der Waals surface area contributed by atoms with Gasteiger partial charge in [-0.15, -0.1) is 0 Å². The number of ether oxygens (including phenoxy) is 1. The lowest BCUT2D eigenvalue weighted by Crippen LogP contribution is -2.30. The van der Waals surface area contributed by atoms with Crippen molar-refractivity contribution in [3.63, 3.8) is 0 Å². The summed E-state index contributed by atoms with van der Waals surface area (Å²) in [4.78, 5) is 16.7. The van der Waals surface area contributed by atoms with Gasteiger partial charge in [-0.3, -0.25) is 4.84 Å². The van der Waals surface area contributed by atoms with Crippen molar-refractivity contribution in [3.8, 4) is 5.75 Å². The highest BCUT2D eigenvalue weighted by Crippen LogP contribution is 2.25. The summed E-state index contributed by atoms with van der Waals surface area (Å²) in [6, 6.07) is 16.9. The van der Waals surface area contributed by atoms with E-state index in [4.69, 9.17) is 9.57 Å². The van der Waals surface area contributed by atoms with Crippen molar-refractivity contribution in [2.75, 3.05) is 26.1 Å². The smallest absolute Gasteiger partial charge is 0.345 e. The standard InChI is InChI=1S/C17H19BrN2O3/c1-20(22-2)17(21)19-14-9-6-10-15(11-14)23-12-16(18)13-7-4-3-5-8-13/h3-11,16H,12H2,1-2H3,(H,19,21). The van der Waals surface area contributed by atoms with Gasteiger partial charge in [0.15, 0.2) is 0 Å². The van der Waals surface area contributed by atoms with Gasteiger partial charge < -0.3 is 10.1 Å². The third-order valence-electron chi connectivity index (χ3n) is 3.20. The second-order valence-corrected chi connectivity index (χ2v) is 5.93. The summed E-state index contributed by atoms with van der Waals surface area (Å²) in [7, 11) is 2.96. The van der Waals surface area contributed by atoms with Crippen LogP contribution in [0.15, 0.2) is 54.6 Å². The van der Waals surface area contributed by atoms with Gasteiger partial charge in [0.25, 0.3) is 0 Å². The third-order valence-corrected chi connectivity index (χ3v) is 4.00. The molecule has 0 radical (unpaired) electrons. The van der Waals surface area contributed by atoms with E-state index in [-0.39, 0.29) is 10.9 Å². The quantitative estimate of drug-likeness (QED) is 0.604. The van der Waals surface area contributed by atoms with Gasteiger partial charge in [-0.25, -0.2) is 9.86 Å². The fourth-order valence-electron chi connectivity index (χ4n) is 1.88. The van der Waals surface area contributed by atoms with Crippen molar-refractivity contribution in [1.82, 2.24) is 5.06 Å². The molecule has 0 saturated heterocycles. The van der Waals surface area contributed by atoms with Crippen LogP contribution in [0.3, 0.4) is 0 Å². The lowest BCUT2D eigenvalue weighted by Gasteiger charge is -2.16. The molecule has 2 rings (SSSR count). The molecular formula is C17H19BrN2O3. The molecular weight excluding hydrogens is 360 g/mol. The van der Waals surface area contributed by atoms with E-state index in [9.17, 15) is 4.79 Å². The zero-order valence-electron chi connectivity index (χ0n) is 13.0. The van der Waals surface area contributed by atoms with Crippen LogP contribution in [0.2, 0.25) is 0 Å². The highest BCUT2D eigenvalue weighted by Gasteiger charge is 2.10. The first-order valence-electron chi connectivity index (χ1n) is 7.11. The van der Waals surface area contributed by atoms with Crippen LogP contribution >= 0.6 is 15.9 Å². The van der Waals surface area contributed by atoms with Crippen LogP contribution in [0, 0.1) is 0 Å². The number of rotatable bonds is 6. The monoisotopic (exact) mass is 378 g/mol. The predicted molar refractivity (Wildman–Crippen MR) is 93.8 cm³/mol. The van der Waals surface area contributed by atoms with Crippen molar-refractivity contribution >= 4 is 27.6 Å². The second-order valence-electron chi connectivity index (χ2n) is 4.83. The number of anilines is 1. The maximum Gasteiger partial charge on any atom is 0.345 e. The van der Waals surface area contributed by atoms with Gasteiger partial charge in [-0.2, -0.15) is 0 Å². The summed E-state index contributed by atoms with van der Waals surface area (Å²) in [6.45, 7) is 0.486. The molecule has 1 N–H and O–H groups in total. The fraction of sp³-hybridized carbons (Fsp3) is 0.235. The van der Waals surface area contributed by atoms with E-state index in [0.29, 0.717) is 18.0 Å². The number of urea groups is 1. The van der Waals surface area contributed by atoms with E-state index in [2.05, 4.69) is 21.2 Å². The number of carbonyl (C=O) groups excluding carboxylic acids is 1.